The highest BCUT2D eigenvalue weighted by Crippen LogP contribution is 2.26. The van der Waals surface area contributed by atoms with Crippen LogP contribution in [0, 0.1) is 5.82 Å². The van der Waals surface area contributed by atoms with Crippen molar-refractivity contribution in [1.29, 1.82) is 0 Å². The molecule has 1 amide bonds. The summed E-state index contributed by atoms with van der Waals surface area (Å²) in [5.74, 6) is -0.893. The van der Waals surface area contributed by atoms with Crippen LogP contribution in [-0.4, -0.2) is 33.2 Å². The van der Waals surface area contributed by atoms with Gasteiger partial charge in [0.1, 0.15) is 0 Å². The maximum absolute atomic E-state index is 13.4. The lowest BCUT2D eigenvalue weighted by Crippen LogP contribution is -2.25. The van der Waals surface area contributed by atoms with Gasteiger partial charge in [-0.05, 0) is 36.8 Å². The molecular weight excluding hydrogens is 347 g/mol. The number of rotatable bonds is 5. The lowest BCUT2D eigenvalue weighted by atomic mass is 10.2. The first-order chi connectivity index (χ1) is 12.0. The molecule has 6 nitrogen and oxygen atoms in total. The number of ether oxygens (including phenoxy) is 1. The number of hydrogen-bond acceptors (Lipinski definition) is 4. The van der Waals surface area contributed by atoms with Crippen molar-refractivity contribution in [2.45, 2.75) is 6.42 Å². The van der Waals surface area contributed by atoms with E-state index in [4.69, 9.17) is 4.74 Å². The van der Waals surface area contributed by atoms with Gasteiger partial charge in [-0.3, -0.25) is 9.10 Å². The average Bonchev–Trinajstić information content (AvgIpc) is 2.93. The number of amides is 1. The molecule has 3 rings (SSSR count). The maximum Gasteiger partial charge on any atom is 0.262 e. The van der Waals surface area contributed by atoms with E-state index in [0.717, 1.165) is 0 Å². The average molecular weight is 364 g/mol. The van der Waals surface area contributed by atoms with Gasteiger partial charge in [-0.1, -0.05) is 18.2 Å². The zero-order valence-electron chi connectivity index (χ0n) is 13.3. The van der Waals surface area contributed by atoms with Gasteiger partial charge in [0.25, 0.3) is 5.91 Å². The Hall–Kier alpha value is -2.61. The summed E-state index contributed by atoms with van der Waals surface area (Å²) in [6.45, 7) is 0.0727. The normalized spacial score (nSPS) is 15.8. The minimum absolute atomic E-state index is 0.00504. The van der Waals surface area contributed by atoms with Crippen molar-refractivity contribution in [3.8, 4) is 5.75 Å². The molecule has 132 valence electrons. The van der Waals surface area contributed by atoms with Gasteiger partial charge in [-0.15, -0.1) is 0 Å². The predicted molar refractivity (Wildman–Crippen MR) is 92.7 cm³/mol. The SMILES string of the molecule is O=C(COc1ccccc1F)Nc1cccc(N2CCCS2(=O)=O)c1. The second-order valence-corrected chi connectivity index (χ2v) is 7.57. The molecule has 0 bridgehead atoms. The molecular formula is C17H17FN2O4S. The monoisotopic (exact) mass is 364 g/mol. The van der Waals surface area contributed by atoms with Crippen LogP contribution in [0.3, 0.4) is 0 Å². The molecule has 2 aromatic rings. The summed E-state index contributed by atoms with van der Waals surface area (Å²) >= 11 is 0. The van der Waals surface area contributed by atoms with Gasteiger partial charge in [-0.25, -0.2) is 12.8 Å². The van der Waals surface area contributed by atoms with E-state index in [9.17, 15) is 17.6 Å². The fourth-order valence-corrected chi connectivity index (χ4v) is 4.13. The number of halogens is 1. The number of carbonyl (C=O) groups excluding carboxylic acids is 1. The predicted octanol–water partition coefficient (Wildman–Crippen LogP) is 2.38. The summed E-state index contributed by atoms with van der Waals surface area (Å²) in [7, 11) is -3.28. The molecule has 1 aliphatic heterocycles. The van der Waals surface area contributed by atoms with E-state index in [1.54, 1.807) is 30.3 Å². The lowest BCUT2D eigenvalue weighted by Gasteiger charge is -2.17. The summed E-state index contributed by atoms with van der Waals surface area (Å²) in [6.07, 6.45) is 0.579. The number of carbonyl (C=O) groups is 1. The van der Waals surface area contributed by atoms with Gasteiger partial charge in [0.15, 0.2) is 18.2 Å². The van der Waals surface area contributed by atoms with Crippen molar-refractivity contribution in [1.82, 2.24) is 0 Å². The maximum atomic E-state index is 13.4. The standard InChI is InChI=1S/C17H17FN2O4S/c18-15-7-1-2-8-16(15)24-12-17(21)19-13-5-3-6-14(11-13)20-9-4-10-25(20,22)23/h1-3,5-8,11H,4,9-10,12H2,(H,19,21). The van der Waals surface area contributed by atoms with Crippen LogP contribution in [0.4, 0.5) is 15.8 Å². The van der Waals surface area contributed by atoms with Gasteiger partial charge in [0.05, 0.1) is 11.4 Å². The Labute approximate surface area is 145 Å². The minimum atomic E-state index is -3.28. The van der Waals surface area contributed by atoms with Crippen LogP contribution in [-0.2, 0) is 14.8 Å². The molecule has 1 heterocycles. The Bertz CT molecular complexity index is 886. The Balaban J connectivity index is 1.64. The molecule has 1 aliphatic rings. The highest BCUT2D eigenvalue weighted by molar-refractivity contribution is 7.93. The number of hydrogen-bond donors (Lipinski definition) is 1. The molecule has 1 N–H and O–H groups in total. The third-order valence-electron chi connectivity index (χ3n) is 3.71. The molecule has 8 heteroatoms. The van der Waals surface area contributed by atoms with E-state index >= 15 is 0 Å². The number of anilines is 2. The summed E-state index contributed by atoms with van der Waals surface area (Å²) < 4.78 is 43.9. The third kappa shape index (κ3) is 4.08. The fraction of sp³-hybridized carbons (Fsp3) is 0.235. The number of para-hydroxylation sites is 1. The van der Waals surface area contributed by atoms with Crippen LogP contribution in [0.25, 0.3) is 0 Å². The van der Waals surface area contributed by atoms with Crippen molar-refractivity contribution >= 4 is 27.3 Å². The van der Waals surface area contributed by atoms with E-state index in [1.165, 1.54) is 22.5 Å². The molecule has 0 radical (unpaired) electrons. The van der Waals surface area contributed by atoms with Crippen molar-refractivity contribution in [2.24, 2.45) is 0 Å². The topological polar surface area (TPSA) is 75.7 Å². The first kappa shape index (κ1) is 17.2. The molecule has 0 saturated carbocycles. The van der Waals surface area contributed by atoms with E-state index in [2.05, 4.69) is 5.32 Å². The van der Waals surface area contributed by atoms with Gasteiger partial charge >= 0.3 is 0 Å². The second-order valence-electron chi connectivity index (χ2n) is 5.56. The molecule has 1 saturated heterocycles. The zero-order chi connectivity index (χ0) is 17.9. The van der Waals surface area contributed by atoms with Crippen molar-refractivity contribution in [2.75, 3.05) is 28.5 Å². The highest BCUT2D eigenvalue weighted by atomic mass is 32.2. The second kappa shape index (κ2) is 7.10. The van der Waals surface area contributed by atoms with Crippen LogP contribution in [0.2, 0.25) is 0 Å². The van der Waals surface area contributed by atoms with Gasteiger partial charge in [0, 0.05) is 12.2 Å². The van der Waals surface area contributed by atoms with Crippen LogP contribution < -0.4 is 14.4 Å². The molecule has 0 atom stereocenters. The number of nitrogens with zero attached hydrogens (tertiary/aromatic N) is 1. The lowest BCUT2D eigenvalue weighted by molar-refractivity contribution is -0.118. The molecule has 0 aromatic heterocycles. The van der Waals surface area contributed by atoms with E-state index in [-0.39, 0.29) is 18.1 Å². The Kier molecular flexibility index (Phi) is 4.89. The first-order valence-electron chi connectivity index (χ1n) is 7.73. The summed E-state index contributed by atoms with van der Waals surface area (Å²) in [5, 5.41) is 2.61. The van der Waals surface area contributed by atoms with Gasteiger partial charge in [0.2, 0.25) is 10.0 Å². The third-order valence-corrected chi connectivity index (χ3v) is 5.58. The zero-order valence-corrected chi connectivity index (χ0v) is 14.1. The molecule has 2 aromatic carbocycles. The Morgan fingerprint density at radius 3 is 2.72 bits per heavy atom. The summed E-state index contributed by atoms with van der Waals surface area (Å²) in [6, 6.07) is 12.4. The van der Waals surface area contributed by atoms with E-state index in [0.29, 0.717) is 24.3 Å². The van der Waals surface area contributed by atoms with E-state index in [1.807, 2.05) is 0 Å². The Morgan fingerprint density at radius 2 is 2.00 bits per heavy atom. The number of sulfonamides is 1. The minimum Gasteiger partial charge on any atom is -0.481 e. The van der Waals surface area contributed by atoms with Gasteiger partial charge < -0.3 is 10.1 Å². The smallest absolute Gasteiger partial charge is 0.262 e. The number of benzene rings is 2. The van der Waals surface area contributed by atoms with Crippen LogP contribution in [0.15, 0.2) is 48.5 Å². The largest absolute Gasteiger partial charge is 0.481 e. The van der Waals surface area contributed by atoms with E-state index < -0.39 is 21.7 Å². The van der Waals surface area contributed by atoms with Crippen molar-refractivity contribution in [3.05, 3.63) is 54.3 Å². The van der Waals surface area contributed by atoms with Crippen molar-refractivity contribution < 1.29 is 22.3 Å². The summed E-state index contributed by atoms with van der Waals surface area (Å²) in [4.78, 5) is 12.0. The quantitative estimate of drug-likeness (QED) is 0.884. The highest BCUT2D eigenvalue weighted by Gasteiger charge is 2.28. The summed E-state index contributed by atoms with van der Waals surface area (Å²) in [5.41, 5.74) is 0.951. The molecule has 25 heavy (non-hydrogen) atoms. The van der Waals surface area contributed by atoms with Crippen LogP contribution in [0.5, 0.6) is 5.75 Å². The Morgan fingerprint density at radius 1 is 1.20 bits per heavy atom. The van der Waals surface area contributed by atoms with Crippen molar-refractivity contribution in [3.63, 3.8) is 0 Å². The number of nitrogens with one attached hydrogen (secondary N) is 1. The molecule has 0 aliphatic carbocycles. The molecule has 1 fully saturated rings. The van der Waals surface area contributed by atoms with Crippen LogP contribution in [0.1, 0.15) is 6.42 Å². The molecule has 0 spiro atoms. The first-order valence-corrected chi connectivity index (χ1v) is 9.34. The fourth-order valence-electron chi connectivity index (χ4n) is 2.57. The molecule has 0 unspecified atom stereocenters. The van der Waals surface area contributed by atoms with Gasteiger partial charge in [-0.2, -0.15) is 0 Å². The van der Waals surface area contributed by atoms with Crippen LogP contribution >= 0.6 is 0 Å².